The van der Waals surface area contributed by atoms with Gasteiger partial charge in [-0.25, -0.2) is 15.0 Å². The molecule has 2 aromatic heterocycles. The number of methoxy groups -OCH3 is 1. The fourth-order valence-corrected chi connectivity index (χ4v) is 3.51. The first kappa shape index (κ1) is 15.4. The van der Waals surface area contributed by atoms with Crippen LogP contribution in [0.5, 0.6) is 5.88 Å². The third-order valence-corrected chi connectivity index (χ3v) is 4.86. The molecule has 1 aliphatic heterocycles. The molecule has 0 radical (unpaired) electrons. The molecule has 2 aliphatic rings. The number of nitrogens with zero attached hydrogens (tertiary/aromatic N) is 5. The molecule has 2 fully saturated rings. The van der Waals surface area contributed by atoms with Crippen LogP contribution in [0.25, 0.3) is 0 Å². The predicted molar refractivity (Wildman–Crippen MR) is 88.9 cm³/mol. The molecule has 1 aliphatic carbocycles. The monoisotopic (exact) mass is 329 g/mol. The smallest absolute Gasteiger partial charge is 0.218 e. The molecule has 2 aromatic rings. The van der Waals surface area contributed by atoms with Crippen LogP contribution in [0.3, 0.4) is 0 Å². The van der Waals surface area contributed by atoms with Gasteiger partial charge in [0.15, 0.2) is 6.39 Å². The lowest BCUT2D eigenvalue weighted by Crippen LogP contribution is -2.46. The van der Waals surface area contributed by atoms with E-state index in [1.807, 2.05) is 6.07 Å². The summed E-state index contributed by atoms with van der Waals surface area (Å²) in [4.78, 5) is 17.8. The number of rotatable bonds is 6. The van der Waals surface area contributed by atoms with Crippen LogP contribution in [0.2, 0.25) is 0 Å². The van der Waals surface area contributed by atoms with Gasteiger partial charge in [-0.1, -0.05) is 0 Å². The average molecular weight is 329 g/mol. The normalized spacial score (nSPS) is 19.4. The van der Waals surface area contributed by atoms with E-state index in [4.69, 9.17) is 9.15 Å². The molecule has 0 spiro atoms. The van der Waals surface area contributed by atoms with Gasteiger partial charge >= 0.3 is 0 Å². The summed E-state index contributed by atoms with van der Waals surface area (Å²) < 4.78 is 10.3. The minimum atomic E-state index is 0.533. The first-order chi connectivity index (χ1) is 11.8. The minimum Gasteiger partial charge on any atom is -0.481 e. The second-order valence-corrected chi connectivity index (χ2v) is 6.54. The van der Waals surface area contributed by atoms with Crippen LogP contribution in [0, 0.1) is 0 Å². The molecule has 24 heavy (non-hydrogen) atoms. The van der Waals surface area contributed by atoms with Crippen LogP contribution < -0.4 is 9.64 Å². The van der Waals surface area contributed by atoms with Crippen LogP contribution in [0.1, 0.15) is 31.4 Å². The lowest BCUT2D eigenvalue weighted by Gasteiger charge is -2.39. The molecular weight excluding hydrogens is 306 g/mol. The Balaban J connectivity index is 1.42. The summed E-state index contributed by atoms with van der Waals surface area (Å²) in [5.41, 5.74) is 1.01. The quantitative estimate of drug-likeness (QED) is 0.804. The summed E-state index contributed by atoms with van der Waals surface area (Å²) in [5, 5.41) is 0. The topological polar surface area (TPSA) is 67.5 Å². The Kier molecular flexibility index (Phi) is 4.34. The molecular formula is C17H23N5O2. The van der Waals surface area contributed by atoms with Crippen molar-refractivity contribution in [3.63, 3.8) is 0 Å². The molecule has 7 nitrogen and oxygen atoms in total. The van der Waals surface area contributed by atoms with Crippen LogP contribution >= 0.6 is 0 Å². The molecule has 0 N–H and O–H groups in total. The molecule has 7 heteroatoms. The molecule has 0 unspecified atom stereocenters. The van der Waals surface area contributed by atoms with E-state index in [9.17, 15) is 0 Å². The maximum atomic E-state index is 5.27. The molecule has 1 saturated carbocycles. The summed E-state index contributed by atoms with van der Waals surface area (Å²) in [6, 6.07) is 3.11. The zero-order valence-corrected chi connectivity index (χ0v) is 14.0. The standard InChI is InChI=1S/C17H23N5O2/c1-23-17-8-16(18-11-19-17)22(14-2-3-14)15-4-6-21(7-5-15)9-13-10-24-12-20-13/h8,10-12,14-15H,2-7,9H2,1H3. The second-order valence-electron chi connectivity index (χ2n) is 6.54. The number of piperidine rings is 1. The summed E-state index contributed by atoms with van der Waals surface area (Å²) in [6.07, 6.45) is 9.62. The molecule has 1 saturated heterocycles. The third kappa shape index (κ3) is 3.36. The Morgan fingerprint density at radius 3 is 2.62 bits per heavy atom. The number of hydrogen-bond donors (Lipinski definition) is 0. The van der Waals surface area contributed by atoms with Crippen molar-refractivity contribution in [3.8, 4) is 5.88 Å². The van der Waals surface area contributed by atoms with Crippen molar-refractivity contribution in [1.29, 1.82) is 0 Å². The molecule has 0 atom stereocenters. The van der Waals surface area contributed by atoms with Gasteiger partial charge in [-0.3, -0.25) is 4.90 Å². The number of anilines is 1. The van der Waals surface area contributed by atoms with Gasteiger partial charge in [0.1, 0.15) is 18.4 Å². The Labute approximate surface area is 141 Å². The van der Waals surface area contributed by atoms with Crippen LogP contribution in [0.4, 0.5) is 5.82 Å². The van der Waals surface area contributed by atoms with Gasteiger partial charge in [-0.15, -0.1) is 0 Å². The van der Waals surface area contributed by atoms with Gasteiger partial charge in [0.05, 0.1) is 12.8 Å². The zero-order chi connectivity index (χ0) is 16.4. The van der Waals surface area contributed by atoms with Gasteiger partial charge < -0.3 is 14.1 Å². The Morgan fingerprint density at radius 2 is 1.96 bits per heavy atom. The van der Waals surface area contributed by atoms with E-state index in [1.54, 1.807) is 19.7 Å². The van der Waals surface area contributed by atoms with E-state index in [0.29, 0.717) is 18.0 Å². The van der Waals surface area contributed by atoms with Gasteiger partial charge in [0.2, 0.25) is 5.88 Å². The third-order valence-electron chi connectivity index (χ3n) is 4.86. The highest BCUT2D eigenvalue weighted by Crippen LogP contribution is 2.36. The zero-order valence-electron chi connectivity index (χ0n) is 14.0. The Morgan fingerprint density at radius 1 is 1.17 bits per heavy atom. The van der Waals surface area contributed by atoms with E-state index in [2.05, 4.69) is 24.8 Å². The van der Waals surface area contributed by atoms with Crippen LogP contribution in [-0.2, 0) is 6.54 Å². The lowest BCUT2D eigenvalue weighted by molar-refractivity contribution is 0.198. The van der Waals surface area contributed by atoms with Crippen molar-refractivity contribution < 1.29 is 9.15 Å². The highest BCUT2D eigenvalue weighted by molar-refractivity contribution is 5.45. The number of hydrogen-bond acceptors (Lipinski definition) is 7. The molecule has 0 amide bonds. The summed E-state index contributed by atoms with van der Waals surface area (Å²) >= 11 is 0. The Hall–Kier alpha value is -2.15. The van der Waals surface area contributed by atoms with Crippen molar-refractivity contribution >= 4 is 5.82 Å². The largest absolute Gasteiger partial charge is 0.481 e. The second kappa shape index (κ2) is 6.76. The SMILES string of the molecule is COc1cc(N(C2CC2)C2CCN(Cc3cocn3)CC2)ncn1. The maximum Gasteiger partial charge on any atom is 0.218 e. The fourth-order valence-electron chi connectivity index (χ4n) is 3.51. The molecule has 0 bridgehead atoms. The summed E-state index contributed by atoms with van der Waals surface area (Å²) in [6.45, 7) is 3.01. The Bertz CT molecular complexity index is 651. The van der Waals surface area contributed by atoms with Gasteiger partial charge in [-0.2, -0.15) is 0 Å². The lowest BCUT2D eigenvalue weighted by atomic mass is 10.0. The van der Waals surface area contributed by atoms with E-state index in [-0.39, 0.29) is 0 Å². The van der Waals surface area contributed by atoms with E-state index >= 15 is 0 Å². The highest BCUT2D eigenvalue weighted by Gasteiger charge is 2.36. The first-order valence-electron chi connectivity index (χ1n) is 8.57. The summed E-state index contributed by atoms with van der Waals surface area (Å²) in [5.74, 6) is 1.63. The van der Waals surface area contributed by atoms with E-state index < -0.39 is 0 Å². The maximum absolute atomic E-state index is 5.27. The minimum absolute atomic E-state index is 0.533. The van der Waals surface area contributed by atoms with Crippen molar-refractivity contribution in [2.75, 3.05) is 25.1 Å². The molecule has 3 heterocycles. The van der Waals surface area contributed by atoms with Crippen molar-refractivity contribution in [1.82, 2.24) is 19.9 Å². The molecule has 0 aromatic carbocycles. The molecule has 128 valence electrons. The number of aromatic nitrogens is 3. The molecule has 4 rings (SSSR count). The fraction of sp³-hybridized carbons (Fsp3) is 0.588. The van der Waals surface area contributed by atoms with E-state index in [0.717, 1.165) is 44.0 Å². The number of likely N-dealkylation sites (tertiary alicyclic amines) is 1. The highest BCUT2D eigenvalue weighted by atomic mass is 16.5. The van der Waals surface area contributed by atoms with Crippen molar-refractivity contribution in [2.45, 2.75) is 44.3 Å². The van der Waals surface area contributed by atoms with Crippen LogP contribution in [0.15, 0.2) is 29.5 Å². The van der Waals surface area contributed by atoms with Gasteiger partial charge in [0.25, 0.3) is 0 Å². The first-order valence-corrected chi connectivity index (χ1v) is 8.57. The van der Waals surface area contributed by atoms with Gasteiger partial charge in [0, 0.05) is 37.8 Å². The number of oxazole rings is 1. The van der Waals surface area contributed by atoms with Crippen molar-refractivity contribution in [2.24, 2.45) is 0 Å². The van der Waals surface area contributed by atoms with Gasteiger partial charge in [-0.05, 0) is 25.7 Å². The predicted octanol–water partition coefficient (Wildman–Crippen LogP) is 2.11. The van der Waals surface area contributed by atoms with Crippen LogP contribution in [-0.4, -0.2) is 52.1 Å². The van der Waals surface area contributed by atoms with Crippen molar-refractivity contribution in [3.05, 3.63) is 30.7 Å². The number of ether oxygens (including phenoxy) is 1. The average Bonchev–Trinajstić information content (AvgIpc) is 3.32. The summed E-state index contributed by atoms with van der Waals surface area (Å²) in [7, 11) is 1.65. The van der Waals surface area contributed by atoms with E-state index in [1.165, 1.54) is 19.2 Å².